The van der Waals surface area contributed by atoms with Crippen molar-refractivity contribution in [2.75, 3.05) is 20.8 Å². The smallest absolute Gasteiger partial charge is 0.197 e. The van der Waals surface area contributed by atoms with E-state index in [1.165, 1.54) is 14.2 Å². The summed E-state index contributed by atoms with van der Waals surface area (Å²) in [6, 6.07) is 0.588. The highest BCUT2D eigenvalue weighted by molar-refractivity contribution is 5.99. The third-order valence-corrected chi connectivity index (χ3v) is 2.20. The molecule has 0 saturated heterocycles. The average Bonchev–Trinajstić information content (AvgIpc) is 2.28. The second kappa shape index (κ2) is 5.58. The largest absolute Gasteiger partial charge is 0.492 e. The summed E-state index contributed by atoms with van der Waals surface area (Å²) in [5.74, 6) is -3.01. The van der Waals surface area contributed by atoms with Crippen LogP contribution in [0.15, 0.2) is 6.07 Å². The van der Waals surface area contributed by atoms with Crippen LogP contribution in [0.2, 0.25) is 0 Å². The second-order valence-electron chi connectivity index (χ2n) is 3.24. The van der Waals surface area contributed by atoms with Gasteiger partial charge >= 0.3 is 0 Å². The van der Waals surface area contributed by atoms with Gasteiger partial charge in [0.05, 0.1) is 19.8 Å². The van der Waals surface area contributed by atoms with Crippen molar-refractivity contribution in [3.05, 3.63) is 23.3 Å². The Kier molecular flexibility index (Phi) is 4.39. The van der Waals surface area contributed by atoms with Gasteiger partial charge < -0.3 is 15.2 Å². The van der Waals surface area contributed by atoms with Gasteiger partial charge in [0.2, 0.25) is 0 Å². The van der Waals surface area contributed by atoms with Crippen molar-refractivity contribution in [3.8, 4) is 11.5 Å². The zero-order valence-corrected chi connectivity index (χ0v) is 9.55. The monoisotopic (exact) mass is 245 g/mol. The van der Waals surface area contributed by atoms with E-state index in [1.54, 1.807) is 0 Å². The molecule has 1 aromatic rings. The maximum absolute atomic E-state index is 13.6. The quantitative estimate of drug-likeness (QED) is 0.799. The highest BCUT2D eigenvalue weighted by Crippen LogP contribution is 2.36. The molecule has 0 atom stereocenters. The van der Waals surface area contributed by atoms with Crippen LogP contribution in [0.25, 0.3) is 0 Å². The topological polar surface area (TPSA) is 61.5 Å². The maximum Gasteiger partial charge on any atom is 0.197 e. The molecule has 0 unspecified atom stereocenters. The zero-order valence-electron chi connectivity index (χ0n) is 9.55. The fourth-order valence-corrected chi connectivity index (χ4v) is 1.48. The molecule has 2 N–H and O–H groups in total. The Labute approximate surface area is 97.3 Å². The molecule has 6 heteroatoms. The highest BCUT2D eigenvalue weighted by Gasteiger charge is 2.24. The van der Waals surface area contributed by atoms with Gasteiger partial charge in [0.25, 0.3) is 0 Å². The average molecular weight is 245 g/mol. The fourth-order valence-electron chi connectivity index (χ4n) is 1.48. The Morgan fingerprint density at radius 3 is 2.29 bits per heavy atom. The van der Waals surface area contributed by atoms with Gasteiger partial charge in [0, 0.05) is 12.5 Å². The first-order valence-corrected chi connectivity index (χ1v) is 4.90. The zero-order chi connectivity index (χ0) is 13.0. The molecule has 94 valence electrons. The molecule has 0 amide bonds. The van der Waals surface area contributed by atoms with E-state index in [1.807, 2.05) is 0 Å². The summed E-state index contributed by atoms with van der Waals surface area (Å²) in [4.78, 5) is 11.6. The Bertz CT molecular complexity index is 435. The van der Waals surface area contributed by atoms with Crippen molar-refractivity contribution in [3.63, 3.8) is 0 Å². The number of benzene rings is 1. The molecule has 0 aliphatic carbocycles. The second-order valence-corrected chi connectivity index (χ2v) is 3.24. The molecule has 0 fully saturated rings. The van der Waals surface area contributed by atoms with Crippen LogP contribution in [-0.2, 0) is 0 Å². The van der Waals surface area contributed by atoms with E-state index < -0.39 is 17.4 Å². The van der Waals surface area contributed by atoms with Crippen LogP contribution in [0.3, 0.4) is 0 Å². The van der Waals surface area contributed by atoms with E-state index in [4.69, 9.17) is 15.2 Å². The van der Waals surface area contributed by atoms with Crippen LogP contribution in [0, 0.1) is 11.6 Å². The molecule has 0 heterocycles. The molecule has 0 radical (unpaired) electrons. The van der Waals surface area contributed by atoms with E-state index in [0.717, 1.165) is 0 Å². The number of nitrogens with two attached hydrogens (primary N) is 1. The Balaban J connectivity index is 3.41. The molecule has 17 heavy (non-hydrogen) atoms. The van der Waals surface area contributed by atoms with Gasteiger partial charge in [0.15, 0.2) is 23.1 Å². The Morgan fingerprint density at radius 1 is 1.24 bits per heavy atom. The maximum atomic E-state index is 13.6. The van der Waals surface area contributed by atoms with E-state index in [-0.39, 0.29) is 30.0 Å². The van der Waals surface area contributed by atoms with Crippen LogP contribution >= 0.6 is 0 Å². The minimum atomic E-state index is -0.987. The van der Waals surface area contributed by atoms with Crippen molar-refractivity contribution in [2.45, 2.75) is 6.42 Å². The first-order valence-electron chi connectivity index (χ1n) is 4.90. The van der Waals surface area contributed by atoms with E-state index in [9.17, 15) is 13.6 Å². The lowest BCUT2D eigenvalue weighted by atomic mass is 10.1. The Hall–Kier alpha value is -1.69. The number of halogens is 2. The number of hydrogen-bond acceptors (Lipinski definition) is 4. The summed E-state index contributed by atoms with van der Waals surface area (Å²) < 4.78 is 36.5. The number of carbonyl (C=O) groups excluding carboxylic acids is 1. The van der Waals surface area contributed by atoms with Crippen LogP contribution in [0.5, 0.6) is 11.5 Å². The number of carbonyl (C=O) groups is 1. The van der Waals surface area contributed by atoms with Crippen LogP contribution in [0.1, 0.15) is 16.8 Å². The molecule has 0 saturated carbocycles. The van der Waals surface area contributed by atoms with Gasteiger partial charge in [-0.1, -0.05) is 0 Å². The van der Waals surface area contributed by atoms with E-state index in [0.29, 0.717) is 6.07 Å². The molecule has 1 rings (SSSR count). The van der Waals surface area contributed by atoms with E-state index in [2.05, 4.69) is 0 Å². The van der Waals surface area contributed by atoms with Crippen LogP contribution < -0.4 is 15.2 Å². The number of rotatable bonds is 5. The predicted molar refractivity (Wildman–Crippen MR) is 57.5 cm³/mol. The third-order valence-electron chi connectivity index (χ3n) is 2.20. The lowest BCUT2D eigenvalue weighted by Gasteiger charge is -2.13. The van der Waals surface area contributed by atoms with Crippen molar-refractivity contribution < 1.29 is 23.0 Å². The summed E-state index contributed by atoms with van der Waals surface area (Å²) in [6.45, 7) is 0.0706. The van der Waals surface area contributed by atoms with Crippen molar-refractivity contribution in [2.24, 2.45) is 5.73 Å². The summed E-state index contributed by atoms with van der Waals surface area (Å²) in [6.07, 6.45) is -0.0535. The first-order chi connectivity index (χ1) is 8.06. The fraction of sp³-hybridized carbons (Fsp3) is 0.364. The highest BCUT2D eigenvalue weighted by atomic mass is 19.1. The van der Waals surface area contributed by atoms with Gasteiger partial charge in [-0.3, -0.25) is 4.79 Å². The summed E-state index contributed by atoms with van der Waals surface area (Å²) >= 11 is 0. The summed E-state index contributed by atoms with van der Waals surface area (Å²) in [5, 5.41) is 0. The molecular formula is C11H13F2NO3. The van der Waals surface area contributed by atoms with Gasteiger partial charge in [-0.2, -0.15) is 0 Å². The molecule has 0 aliphatic heterocycles. The summed E-state index contributed by atoms with van der Waals surface area (Å²) in [7, 11) is 2.41. The van der Waals surface area contributed by atoms with Crippen LogP contribution in [-0.4, -0.2) is 26.5 Å². The first kappa shape index (κ1) is 13.4. The third kappa shape index (κ3) is 2.52. The van der Waals surface area contributed by atoms with Crippen LogP contribution in [0.4, 0.5) is 8.78 Å². The molecule has 0 spiro atoms. The standard InChI is InChI=1S/C11H13F2NO3/c1-16-10-7(13)5-6(12)9(11(10)17-2)8(15)3-4-14/h5H,3-4,14H2,1-2H3. The molecule has 0 aromatic heterocycles. The van der Waals surface area contributed by atoms with Gasteiger partial charge in [-0.15, -0.1) is 0 Å². The van der Waals surface area contributed by atoms with Gasteiger partial charge in [-0.05, 0) is 6.54 Å². The normalized spacial score (nSPS) is 10.2. The van der Waals surface area contributed by atoms with Crippen molar-refractivity contribution in [1.82, 2.24) is 0 Å². The number of ether oxygens (including phenoxy) is 2. The minimum Gasteiger partial charge on any atom is -0.492 e. The minimum absolute atomic E-state index is 0.0535. The number of Topliss-reactive ketones (excluding diaryl/α,β-unsaturated/α-hetero) is 1. The van der Waals surface area contributed by atoms with Crippen molar-refractivity contribution in [1.29, 1.82) is 0 Å². The lowest BCUT2D eigenvalue weighted by molar-refractivity contribution is 0.0977. The van der Waals surface area contributed by atoms with Crippen molar-refractivity contribution >= 4 is 5.78 Å². The van der Waals surface area contributed by atoms with Gasteiger partial charge in [-0.25, -0.2) is 8.78 Å². The molecule has 1 aromatic carbocycles. The number of methoxy groups -OCH3 is 2. The molecule has 0 aliphatic rings. The molecule has 4 nitrogen and oxygen atoms in total. The lowest BCUT2D eigenvalue weighted by Crippen LogP contribution is -2.12. The number of hydrogen-bond donors (Lipinski definition) is 1. The molecular weight excluding hydrogens is 232 g/mol. The SMILES string of the molecule is COc1c(F)cc(F)c(C(=O)CCN)c1OC. The predicted octanol–water partition coefficient (Wildman–Crippen LogP) is 1.51. The van der Waals surface area contributed by atoms with E-state index >= 15 is 0 Å². The Morgan fingerprint density at radius 2 is 1.82 bits per heavy atom. The molecule has 0 bridgehead atoms. The number of ketones is 1. The van der Waals surface area contributed by atoms with Gasteiger partial charge in [0.1, 0.15) is 5.82 Å². The summed E-state index contributed by atoms with van der Waals surface area (Å²) in [5.41, 5.74) is 4.88.